The first-order valence-corrected chi connectivity index (χ1v) is 10.1. The summed E-state index contributed by atoms with van der Waals surface area (Å²) in [6.07, 6.45) is 5.17. The van der Waals surface area contributed by atoms with Crippen LogP contribution in [0.2, 0.25) is 0 Å². The Kier molecular flexibility index (Phi) is 4.76. The third-order valence-electron chi connectivity index (χ3n) is 5.35. The molecule has 5 rings (SSSR count). The molecule has 138 valence electrons. The van der Waals surface area contributed by atoms with Gasteiger partial charge in [-0.15, -0.1) is 11.3 Å². The predicted octanol–water partition coefficient (Wildman–Crippen LogP) is 2.08. The van der Waals surface area contributed by atoms with Crippen molar-refractivity contribution in [2.45, 2.75) is 45.2 Å². The van der Waals surface area contributed by atoms with E-state index in [1.165, 1.54) is 0 Å². The molecule has 1 N–H and O–H groups in total. The van der Waals surface area contributed by atoms with Crippen LogP contribution in [0.4, 0.5) is 0 Å². The molecule has 0 aliphatic carbocycles. The molecule has 3 saturated heterocycles. The van der Waals surface area contributed by atoms with Crippen LogP contribution in [-0.2, 0) is 17.8 Å². The number of hydrogen-bond acceptors (Lipinski definition) is 5. The number of carbonyl (C=O) groups excluding carboxylic acids is 2. The molecule has 7 nitrogen and oxygen atoms in total. The van der Waals surface area contributed by atoms with Gasteiger partial charge in [0.05, 0.1) is 35.4 Å². The van der Waals surface area contributed by atoms with E-state index in [0.29, 0.717) is 25.2 Å². The third kappa shape index (κ3) is 3.13. The highest BCUT2D eigenvalue weighted by atomic mass is 32.1. The van der Waals surface area contributed by atoms with Crippen LogP contribution in [0.3, 0.4) is 0 Å². The van der Waals surface area contributed by atoms with Crippen molar-refractivity contribution in [3.8, 4) is 0 Å². The normalized spacial score (nSPS) is 22.7. The van der Waals surface area contributed by atoms with Gasteiger partial charge in [0.1, 0.15) is 0 Å². The van der Waals surface area contributed by atoms with Crippen LogP contribution in [0.5, 0.6) is 0 Å². The fourth-order valence-corrected chi connectivity index (χ4v) is 4.56. The predicted molar refractivity (Wildman–Crippen MR) is 97.7 cm³/mol. The summed E-state index contributed by atoms with van der Waals surface area (Å²) in [6, 6.07) is 0.0634. The molecular formula is C18H23N5O2S. The van der Waals surface area contributed by atoms with Gasteiger partial charge >= 0.3 is 0 Å². The highest BCUT2D eigenvalue weighted by Gasteiger charge is 2.42. The second kappa shape index (κ2) is 7.19. The van der Waals surface area contributed by atoms with Gasteiger partial charge in [-0.3, -0.25) is 14.7 Å². The number of H-pyrrole nitrogens is 1. The maximum Gasteiger partial charge on any atom is 0.257 e. The zero-order valence-electron chi connectivity index (χ0n) is 14.9. The molecule has 3 aliphatic rings. The number of piperidine rings is 1. The number of aryl methyl sites for hydroxylation is 1. The summed E-state index contributed by atoms with van der Waals surface area (Å²) < 4.78 is 0. The molecule has 0 aromatic carbocycles. The highest BCUT2D eigenvalue weighted by Crippen LogP contribution is 2.31. The maximum absolute atomic E-state index is 13.1. The Labute approximate surface area is 156 Å². The van der Waals surface area contributed by atoms with E-state index in [1.54, 1.807) is 23.0 Å². The first kappa shape index (κ1) is 17.2. The molecule has 2 aromatic heterocycles. The van der Waals surface area contributed by atoms with Crippen LogP contribution < -0.4 is 0 Å². The molecule has 0 radical (unpaired) electrons. The quantitative estimate of drug-likeness (QED) is 0.870. The Hall–Kier alpha value is -2.22. The number of rotatable bonds is 5. The van der Waals surface area contributed by atoms with Crippen molar-refractivity contribution in [1.82, 2.24) is 25.0 Å². The number of amides is 2. The summed E-state index contributed by atoms with van der Waals surface area (Å²) in [7, 11) is 0. The summed E-state index contributed by atoms with van der Waals surface area (Å²) in [4.78, 5) is 34.1. The number of carbonyl (C=O) groups is 2. The van der Waals surface area contributed by atoms with Gasteiger partial charge < -0.3 is 9.80 Å². The van der Waals surface area contributed by atoms with Crippen molar-refractivity contribution < 1.29 is 9.59 Å². The lowest BCUT2D eigenvalue weighted by Gasteiger charge is -2.35. The maximum atomic E-state index is 13.1. The SMILES string of the molecule is CCCc1[nH]ncc1C(=O)N1C[C@@H]2CC[C@H](C1)N(Cc1cscn1)C2=O. The van der Waals surface area contributed by atoms with Gasteiger partial charge in [-0.05, 0) is 19.3 Å². The van der Waals surface area contributed by atoms with E-state index in [0.717, 1.165) is 37.1 Å². The average molecular weight is 373 g/mol. The van der Waals surface area contributed by atoms with Crippen LogP contribution in [0.1, 0.15) is 47.9 Å². The van der Waals surface area contributed by atoms with E-state index >= 15 is 0 Å². The molecule has 0 spiro atoms. The summed E-state index contributed by atoms with van der Waals surface area (Å²) >= 11 is 1.54. The van der Waals surface area contributed by atoms with Crippen molar-refractivity contribution in [3.05, 3.63) is 34.0 Å². The van der Waals surface area contributed by atoms with Gasteiger partial charge in [-0.25, -0.2) is 4.98 Å². The summed E-state index contributed by atoms with van der Waals surface area (Å²) in [5.41, 5.74) is 4.25. The van der Waals surface area contributed by atoms with Crippen molar-refractivity contribution in [3.63, 3.8) is 0 Å². The topological polar surface area (TPSA) is 82.2 Å². The highest BCUT2D eigenvalue weighted by molar-refractivity contribution is 7.07. The first-order chi connectivity index (χ1) is 12.7. The van der Waals surface area contributed by atoms with Gasteiger partial charge in [-0.2, -0.15) is 5.10 Å². The summed E-state index contributed by atoms with van der Waals surface area (Å²) in [6.45, 7) is 3.70. The van der Waals surface area contributed by atoms with E-state index in [-0.39, 0.29) is 23.8 Å². The van der Waals surface area contributed by atoms with Gasteiger partial charge in [0.15, 0.2) is 0 Å². The third-order valence-corrected chi connectivity index (χ3v) is 5.98. The number of fused-ring (bicyclic) bond motifs is 4. The second-order valence-corrected chi connectivity index (χ2v) is 7.82. The lowest BCUT2D eigenvalue weighted by Crippen LogP contribution is -2.47. The number of nitrogens with one attached hydrogen (secondary N) is 1. The van der Waals surface area contributed by atoms with E-state index < -0.39 is 0 Å². The van der Waals surface area contributed by atoms with Crippen LogP contribution in [-0.4, -0.2) is 55.9 Å². The van der Waals surface area contributed by atoms with E-state index in [2.05, 4.69) is 22.1 Å². The minimum Gasteiger partial charge on any atom is -0.336 e. The van der Waals surface area contributed by atoms with Gasteiger partial charge in [0.2, 0.25) is 5.91 Å². The molecule has 3 aliphatic heterocycles. The van der Waals surface area contributed by atoms with Gasteiger partial charge in [-0.1, -0.05) is 13.3 Å². The number of aromatic amines is 1. The van der Waals surface area contributed by atoms with E-state index in [1.807, 2.05) is 15.2 Å². The Bertz CT molecular complexity index is 787. The van der Waals surface area contributed by atoms with Crippen LogP contribution in [0, 0.1) is 5.92 Å². The van der Waals surface area contributed by atoms with E-state index in [9.17, 15) is 9.59 Å². The lowest BCUT2D eigenvalue weighted by molar-refractivity contribution is -0.140. The number of nitrogens with zero attached hydrogens (tertiary/aromatic N) is 4. The zero-order chi connectivity index (χ0) is 18.1. The molecule has 2 bridgehead atoms. The molecule has 26 heavy (non-hydrogen) atoms. The van der Waals surface area contributed by atoms with Crippen molar-refractivity contribution >= 4 is 23.2 Å². The van der Waals surface area contributed by atoms with Crippen molar-refractivity contribution in [2.24, 2.45) is 5.92 Å². The molecule has 3 fully saturated rings. The smallest absolute Gasteiger partial charge is 0.257 e. The number of hydrogen-bond donors (Lipinski definition) is 1. The number of thiazole rings is 1. The minimum atomic E-state index is -0.113. The van der Waals surface area contributed by atoms with E-state index in [4.69, 9.17) is 0 Å². The minimum absolute atomic E-state index is 0.0117. The first-order valence-electron chi connectivity index (χ1n) is 9.16. The molecule has 2 atom stereocenters. The molecule has 2 aromatic rings. The second-order valence-electron chi connectivity index (χ2n) is 7.10. The summed E-state index contributed by atoms with van der Waals surface area (Å²) in [5.74, 6) is 0.0331. The molecule has 0 saturated carbocycles. The Morgan fingerprint density at radius 1 is 1.38 bits per heavy atom. The largest absolute Gasteiger partial charge is 0.336 e. The molecule has 0 unspecified atom stereocenters. The fraction of sp³-hybridized carbons (Fsp3) is 0.556. The van der Waals surface area contributed by atoms with Gasteiger partial charge in [0.25, 0.3) is 5.91 Å². The Morgan fingerprint density at radius 2 is 2.27 bits per heavy atom. The molecule has 8 heteroatoms. The Balaban J connectivity index is 1.54. The molecular weight excluding hydrogens is 350 g/mol. The van der Waals surface area contributed by atoms with Gasteiger partial charge in [0, 0.05) is 30.2 Å². The molecule has 2 amide bonds. The lowest BCUT2D eigenvalue weighted by atomic mass is 9.94. The Morgan fingerprint density at radius 3 is 3.04 bits per heavy atom. The molecule has 5 heterocycles. The van der Waals surface area contributed by atoms with Crippen molar-refractivity contribution in [1.29, 1.82) is 0 Å². The summed E-state index contributed by atoms with van der Waals surface area (Å²) in [5, 5.41) is 8.99. The standard InChI is InChI=1S/C18H23N5O2S/c1-2-3-16-15(6-20-21-16)18(25)22-7-12-4-5-14(9-22)23(17(12)24)8-13-10-26-11-19-13/h6,10-12,14H,2-5,7-9H2,1H3,(H,20,21)/t12-,14+/m0/s1. The van der Waals surface area contributed by atoms with Crippen molar-refractivity contribution in [2.75, 3.05) is 13.1 Å². The fourth-order valence-electron chi connectivity index (χ4n) is 4.01. The van der Waals surface area contributed by atoms with Crippen LogP contribution in [0.15, 0.2) is 17.1 Å². The van der Waals surface area contributed by atoms with Crippen LogP contribution in [0.25, 0.3) is 0 Å². The number of aromatic nitrogens is 3. The average Bonchev–Trinajstić information content (AvgIpc) is 3.24. The van der Waals surface area contributed by atoms with Crippen LogP contribution >= 0.6 is 11.3 Å². The monoisotopic (exact) mass is 373 g/mol. The zero-order valence-corrected chi connectivity index (χ0v) is 15.7.